The fourth-order valence-electron chi connectivity index (χ4n) is 5.22. The average molecular weight is 402 g/mol. The molecule has 152 valence electrons. The van der Waals surface area contributed by atoms with Gasteiger partial charge in [-0.3, -0.25) is 14.4 Å². The molecule has 2 bridgehead atoms. The second kappa shape index (κ2) is 6.83. The van der Waals surface area contributed by atoms with Gasteiger partial charge < -0.3 is 10.1 Å². The van der Waals surface area contributed by atoms with E-state index in [1.807, 2.05) is 6.92 Å². The molecular formula is C24H22N2O4. The third kappa shape index (κ3) is 2.75. The summed E-state index contributed by atoms with van der Waals surface area (Å²) in [5, 5.41) is 2.83. The van der Waals surface area contributed by atoms with E-state index >= 15 is 0 Å². The number of hydrogen-bond acceptors (Lipinski definition) is 4. The predicted molar refractivity (Wildman–Crippen MR) is 112 cm³/mol. The molecule has 0 spiro atoms. The Bertz CT molecular complexity index is 1110. The number of ether oxygens (including phenoxy) is 1. The van der Waals surface area contributed by atoms with Gasteiger partial charge in [0.1, 0.15) is 5.75 Å². The topological polar surface area (TPSA) is 75.7 Å². The van der Waals surface area contributed by atoms with Crippen molar-refractivity contribution >= 4 is 29.1 Å². The summed E-state index contributed by atoms with van der Waals surface area (Å²) in [7, 11) is 1.56. The van der Waals surface area contributed by atoms with Crippen molar-refractivity contribution in [3.8, 4) is 5.75 Å². The molecule has 0 radical (unpaired) electrons. The third-order valence-electron chi connectivity index (χ3n) is 6.57. The average Bonchev–Trinajstić information content (AvgIpc) is 3.38. The highest BCUT2D eigenvalue weighted by molar-refractivity contribution is 6.23. The van der Waals surface area contributed by atoms with Crippen LogP contribution in [0.25, 0.3) is 0 Å². The van der Waals surface area contributed by atoms with Crippen molar-refractivity contribution in [2.75, 3.05) is 17.3 Å². The van der Waals surface area contributed by atoms with Gasteiger partial charge in [-0.2, -0.15) is 0 Å². The minimum absolute atomic E-state index is 0.143. The Balaban J connectivity index is 1.40. The van der Waals surface area contributed by atoms with Crippen molar-refractivity contribution in [3.63, 3.8) is 0 Å². The lowest BCUT2D eigenvalue weighted by Crippen LogP contribution is -2.33. The number of rotatable bonds is 4. The number of anilines is 2. The maximum atomic E-state index is 13.1. The van der Waals surface area contributed by atoms with Gasteiger partial charge in [0.15, 0.2) is 0 Å². The van der Waals surface area contributed by atoms with E-state index in [1.165, 1.54) is 10.5 Å². The molecule has 3 aliphatic rings. The second-order valence-electron chi connectivity index (χ2n) is 8.22. The normalized spacial score (nSPS) is 26.6. The molecule has 2 aromatic rings. The Morgan fingerprint density at radius 1 is 1.07 bits per heavy atom. The summed E-state index contributed by atoms with van der Waals surface area (Å²) in [6, 6.07) is 13.8. The molecule has 30 heavy (non-hydrogen) atoms. The highest BCUT2D eigenvalue weighted by Gasteiger charge is 2.60. The molecule has 1 N–H and O–H groups in total. The van der Waals surface area contributed by atoms with E-state index < -0.39 is 0 Å². The number of carbonyl (C=O) groups is 3. The molecule has 6 heteroatoms. The first-order valence-corrected chi connectivity index (χ1v) is 10.1. The highest BCUT2D eigenvalue weighted by Crippen LogP contribution is 2.55. The van der Waals surface area contributed by atoms with Crippen molar-refractivity contribution in [3.05, 3.63) is 65.7 Å². The van der Waals surface area contributed by atoms with Gasteiger partial charge in [0, 0.05) is 17.3 Å². The molecule has 6 nitrogen and oxygen atoms in total. The molecule has 2 fully saturated rings. The number of imide groups is 1. The molecule has 2 aromatic carbocycles. The van der Waals surface area contributed by atoms with E-state index in [0.29, 0.717) is 22.7 Å². The number of methoxy groups -OCH3 is 1. The number of nitrogens with one attached hydrogen (secondary N) is 1. The van der Waals surface area contributed by atoms with Gasteiger partial charge in [-0.1, -0.05) is 23.8 Å². The van der Waals surface area contributed by atoms with Gasteiger partial charge in [-0.25, -0.2) is 4.90 Å². The molecular weight excluding hydrogens is 380 g/mol. The number of hydrogen-bond donors (Lipinski definition) is 1. The van der Waals surface area contributed by atoms with Crippen LogP contribution in [0, 0.1) is 23.7 Å². The van der Waals surface area contributed by atoms with Crippen LogP contribution in [0.15, 0.2) is 60.2 Å². The van der Waals surface area contributed by atoms with Crippen LogP contribution in [0.1, 0.15) is 23.7 Å². The Hall–Kier alpha value is -3.41. The summed E-state index contributed by atoms with van der Waals surface area (Å²) in [6.07, 6.45) is 3.05. The van der Waals surface area contributed by atoms with E-state index in [9.17, 15) is 14.4 Å². The quantitative estimate of drug-likeness (QED) is 0.626. The fourth-order valence-corrected chi connectivity index (χ4v) is 5.22. The fraction of sp³-hybridized carbons (Fsp3) is 0.292. The van der Waals surface area contributed by atoms with Crippen LogP contribution in [0.4, 0.5) is 11.4 Å². The van der Waals surface area contributed by atoms with E-state index in [2.05, 4.69) is 11.4 Å². The van der Waals surface area contributed by atoms with Crippen molar-refractivity contribution in [2.45, 2.75) is 13.3 Å². The lowest BCUT2D eigenvalue weighted by molar-refractivity contribution is -0.123. The number of benzene rings is 2. The second-order valence-corrected chi connectivity index (χ2v) is 8.22. The van der Waals surface area contributed by atoms with Gasteiger partial charge in [-0.05, 0) is 55.5 Å². The summed E-state index contributed by atoms with van der Waals surface area (Å²) in [5.74, 6) is -0.173. The minimum atomic E-state index is -0.318. The number of allylic oxidation sites excluding steroid dienone is 2. The largest absolute Gasteiger partial charge is 0.497 e. The van der Waals surface area contributed by atoms with Crippen molar-refractivity contribution in [1.29, 1.82) is 0 Å². The van der Waals surface area contributed by atoms with E-state index in [4.69, 9.17) is 4.74 Å². The summed E-state index contributed by atoms with van der Waals surface area (Å²) >= 11 is 0. The van der Waals surface area contributed by atoms with E-state index in [-0.39, 0.29) is 41.4 Å². The van der Waals surface area contributed by atoms with Gasteiger partial charge in [0.25, 0.3) is 5.91 Å². The van der Waals surface area contributed by atoms with Gasteiger partial charge in [0.05, 0.1) is 24.6 Å². The van der Waals surface area contributed by atoms with Crippen LogP contribution in [0.2, 0.25) is 0 Å². The molecule has 2 aliphatic carbocycles. The summed E-state index contributed by atoms with van der Waals surface area (Å²) in [4.78, 5) is 40.3. The summed E-state index contributed by atoms with van der Waals surface area (Å²) in [5.41, 5.74) is 2.65. The lowest BCUT2D eigenvalue weighted by atomic mass is 9.82. The Morgan fingerprint density at radius 2 is 1.83 bits per heavy atom. The maximum absolute atomic E-state index is 13.1. The molecule has 1 saturated carbocycles. The number of fused-ring (bicyclic) bond motifs is 5. The van der Waals surface area contributed by atoms with Crippen LogP contribution in [0.3, 0.4) is 0 Å². The SMILES string of the molecule is COc1cccc(NC(=O)c2cccc(N3C(=O)[C@@H]4[C@H](C3=O)[C@@H]3C[C@@H]4C=C3C)c2)c1. The van der Waals surface area contributed by atoms with Crippen molar-refractivity contribution in [2.24, 2.45) is 23.7 Å². The van der Waals surface area contributed by atoms with Crippen LogP contribution in [-0.4, -0.2) is 24.8 Å². The van der Waals surface area contributed by atoms with Crippen LogP contribution in [0.5, 0.6) is 5.75 Å². The Kier molecular flexibility index (Phi) is 4.24. The number of amides is 3. The van der Waals surface area contributed by atoms with Gasteiger partial charge in [0.2, 0.25) is 11.8 Å². The molecule has 1 heterocycles. The molecule has 3 amide bonds. The molecule has 1 aliphatic heterocycles. The Morgan fingerprint density at radius 3 is 2.63 bits per heavy atom. The smallest absolute Gasteiger partial charge is 0.255 e. The van der Waals surface area contributed by atoms with Crippen LogP contribution in [-0.2, 0) is 9.59 Å². The monoisotopic (exact) mass is 402 g/mol. The predicted octanol–water partition coefficient (Wildman–Crippen LogP) is 3.65. The highest BCUT2D eigenvalue weighted by atomic mass is 16.5. The molecule has 4 atom stereocenters. The standard InChI is InChI=1S/C24H22N2O4/c1-13-9-15-11-19(13)21-20(15)23(28)26(24(21)29)17-7-3-5-14(10-17)22(27)25-16-6-4-8-18(12-16)30-2/h3-10,12,15,19-21H,11H2,1-2H3,(H,25,27)/t15-,19+,20-,21+/m0/s1. The zero-order valence-corrected chi connectivity index (χ0v) is 16.8. The first-order chi connectivity index (χ1) is 14.5. The van der Waals surface area contributed by atoms with Crippen molar-refractivity contribution < 1.29 is 19.1 Å². The lowest BCUT2D eigenvalue weighted by Gasteiger charge is -2.19. The summed E-state index contributed by atoms with van der Waals surface area (Å²) < 4.78 is 5.18. The zero-order chi connectivity index (χ0) is 21.0. The third-order valence-corrected chi connectivity index (χ3v) is 6.57. The van der Waals surface area contributed by atoms with Gasteiger partial charge >= 0.3 is 0 Å². The Labute approximate surface area is 174 Å². The molecule has 5 rings (SSSR count). The zero-order valence-electron chi connectivity index (χ0n) is 16.8. The number of carbonyl (C=O) groups excluding carboxylic acids is 3. The molecule has 0 unspecified atom stereocenters. The molecule has 0 aromatic heterocycles. The van der Waals surface area contributed by atoms with E-state index in [0.717, 1.165) is 6.42 Å². The van der Waals surface area contributed by atoms with E-state index in [1.54, 1.807) is 55.6 Å². The van der Waals surface area contributed by atoms with Crippen molar-refractivity contribution in [1.82, 2.24) is 0 Å². The first-order valence-electron chi connectivity index (χ1n) is 10.1. The minimum Gasteiger partial charge on any atom is -0.497 e. The molecule has 1 saturated heterocycles. The number of nitrogens with zero attached hydrogens (tertiary/aromatic N) is 1. The first kappa shape index (κ1) is 18.6. The van der Waals surface area contributed by atoms with Gasteiger partial charge in [-0.15, -0.1) is 0 Å². The maximum Gasteiger partial charge on any atom is 0.255 e. The van der Waals surface area contributed by atoms with Crippen LogP contribution >= 0.6 is 0 Å². The van der Waals surface area contributed by atoms with Crippen LogP contribution < -0.4 is 15.0 Å². The summed E-state index contributed by atoms with van der Waals surface area (Å²) in [6.45, 7) is 2.05.